The van der Waals surface area contributed by atoms with Crippen LogP contribution in [-0.2, 0) is 12.8 Å². The molecule has 1 saturated heterocycles. The fourth-order valence-electron chi connectivity index (χ4n) is 4.86. The standard InChI is InChI=1S/C22H28N2O4/c1-28-20-6-2-15(3-7-20)9-22(27)10-16-13-24(14-17(16)11-22)21(26)8-18-4-5-19(25)12-23-18/h2-7,12,16-17,21,25-27H,8-11,13-14H2,1H3/t16-,17+,21?,22?. The molecule has 6 heteroatoms. The van der Waals surface area contributed by atoms with Crippen molar-refractivity contribution in [1.29, 1.82) is 0 Å². The second-order valence-corrected chi connectivity index (χ2v) is 8.32. The molecule has 1 aliphatic heterocycles. The Balaban J connectivity index is 1.32. The van der Waals surface area contributed by atoms with Crippen LogP contribution in [0.4, 0.5) is 0 Å². The van der Waals surface area contributed by atoms with Crippen molar-refractivity contribution >= 4 is 0 Å². The van der Waals surface area contributed by atoms with Gasteiger partial charge in [-0.25, -0.2) is 0 Å². The van der Waals surface area contributed by atoms with Crippen LogP contribution in [0.5, 0.6) is 11.5 Å². The summed E-state index contributed by atoms with van der Waals surface area (Å²) in [6, 6.07) is 11.2. The highest BCUT2D eigenvalue weighted by Crippen LogP contribution is 2.45. The van der Waals surface area contributed by atoms with E-state index in [1.54, 1.807) is 19.2 Å². The first kappa shape index (κ1) is 19.2. The van der Waals surface area contributed by atoms with Gasteiger partial charge in [-0.3, -0.25) is 9.88 Å². The first-order chi connectivity index (χ1) is 13.4. The number of ether oxygens (including phenoxy) is 1. The maximum absolute atomic E-state index is 11.1. The normalized spacial score (nSPS) is 28.2. The molecule has 28 heavy (non-hydrogen) atoms. The predicted octanol–water partition coefficient (Wildman–Crippen LogP) is 1.97. The number of aliphatic hydroxyl groups is 2. The molecule has 1 aromatic carbocycles. The molecular weight excluding hydrogens is 356 g/mol. The van der Waals surface area contributed by atoms with Crippen LogP contribution < -0.4 is 4.74 Å². The molecule has 0 radical (unpaired) electrons. The molecular formula is C22H28N2O4. The minimum Gasteiger partial charge on any atom is -0.506 e. The molecule has 2 aromatic rings. The van der Waals surface area contributed by atoms with Crippen LogP contribution in [0.3, 0.4) is 0 Å². The minimum atomic E-state index is -0.667. The maximum Gasteiger partial charge on any atom is 0.133 e. The molecule has 2 unspecified atom stereocenters. The predicted molar refractivity (Wildman–Crippen MR) is 105 cm³/mol. The van der Waals surface area contributed by atoms with Gasteiger partial charge in [0.25, 0.3) is 0 Å². The zero-order valence-electron chi connectivity index (χ0n) is 16.2. The van der Waals surface area contributed by atoms with Gasteiger partial charge in [-0.1, -0.05) is 12.1 Å². The SMILES string of the molecule is COc1ccc(CC2(O)C[C@H]3CN(C(O)Cc4ccc(O)cn4)C[C@H]3C2)cc1. The number of pyridine rings is 1. The van der Waals surface area contributed by atoms with E-state index < -0.39 is 11.8 Å². The molecule has 0 spiro atoms. The van der Waals surface area contributed by atoms with E-state index in [0.717, 1.165) is 42.9 Å². The smallest absolute Gasteiger partial charge is 0.133 e. The van der Waals surface area contributed by atoms with Crippen LogP contribution in [-0.4, -0.2) is 57.2 Å². The van der Waals surface area contributed by atoms with E-state index in [4.69, 9.17) is 4.74 Å². The number of rotatable bonds is 6. The van der Waals surface area contributed by atoms with Crippen LogP contribution >= 0.6 is 0 Å². The summed E-state index contributed by atoms with van der Waals surface area (Å²) in [4.78, 5) is 6.25. The van der Waals surface area contributed by atoms with E-state index in [-0.39, 0.29) is 5.75 Å². The number of nitrogens with zero attached hydrogens (tertiary/aromatic N) is 2. The Morgan fingerprint density at radius 3 is 2.39 bits per heavy atom. The lowest BCUT2D eigenvalue weighted by Gasteiger charge is -2.28. The molecule has 1 saturated carbocycles. The van der Waals surface area contributed by atoms with Gasteiger partial charge in [0.05, 0.1) is 18.9 Å². The van der Waals surface area contributed by atoms with Gasteiger partial charge in [-0.2, -0.15) is 0 Å². The first-order valence-electron chi connectivity index (χ1n) is 9.85. The van der Waals surface area contributed by atoms with Crippen LogP contribution in [0.1, 0.15) is 24.1 Å². The van der Waals surface area contributed by atoms with Crippen LogP contribution in [0.25, 0.3) is 0 Å². The Kier molecular flexibility index (Phi) is 5.27. The molecule has 6 nitrogen and oxygen atoms in total. The highest BCUT2D eigenvalue weighted by Gasteiger charge is 2.49. The lowest BCUT2D eigenvalue weighted by Crippen LogP contribution is -2.38. The lowest BCUT2D eigenvalue weighted by atomic mass is 9.91. The van der Waals surface area contributed by atoms with E-state index >= 15 is 0 Å². The topological polar surface area (TPSA) is 86.1 Å². The second kappa shape index (κ2) is 7.70. The molecule has 2 heterocycles. The molecule has 2 aliphatic rings. The van der Waals surface area contributed by atoms with Crippen molar-refractivity contribution in [2.45, 2.75) is 37.5 Å². The minimum absolute atomic E-state index is 0.130. The summed E-state index contributed by atoms with van der Waals surface area (Å²) in [5, 5.41) is 31.0. The van der Waals surface area contributed by atoms with Gasteiger partial charge in [0.1, 0.15) is 17.7 Å². The van der Waals surface area contributed by atoms with Gasteiger partial charge in [-0.05, 0) is 54.5 Å². The number of aromatic hydroxyl groups is 1. The molecule has 0 amide bonds. The average Bonchev–Trinajstić information content (AvgIpc) is 3.19. The molecule has 1 aromatic heterocycles. The van der Waals surface area contributed by atoms with Gasteiger partial charge in [0.15, 0.2) is 0 Å². The second-order valence-electron chi connectivity index (χ2n) is 8.32. The summed E-state index contributed by atoms with van der Waals surface area (Å²) >= 11 is 0. The van der Waals surface area contributed by atoms with Gasteiger partial charge in [-0.15, -0.1) is 0 Å². The number of aromatic nitrogens is 1. The summed E-state index contributed by atoms with van der Waals surface area (Å²) in [6.45, 7) is 1.60. The number of methoxy groups -OCH3 is 1. The molecule has 4 atom stereocenters. The average molecular weight is 384 g/mol. The summed E-state index contributed by atoms with van der Waals surface area (Å²) in [7, 11) is 1.65. The Morgan fingerprint density at radius 2 is 1.82 bits per heavy atom. The van der Waals surface area contributed by atoms with Gasteiger partial charge < -0.3 is 20.1 Å². The molecule has 1 aliphatic carbocycles. The van der Waals surface area contributed by atoms with Crippen molar-refractivity contribution in [3.63, 3.8) is 0 Å². The summed E-state index contributed by atoms with van der Waals surface area (Å²) in [6.07, 6.45) is 3.45. The Bertz CT molecular complexity index is 779. The fraction of sp³-hybridized carbons (Fsp3) is 0.500. The fourth-order valence-corrected chi connectivity index (χ4v) is 4.86. The zero-order valence-corrected chi connectivity index (χ0v) is 16.2. The van der Waals surface area contributed by atoms with E-state index in [0.29, 0.717) is 24.7 Å². The van der Waals surface area contributed by atoms with Gasteiger partial charge in [0, 0.05) is 31.6 Å². The third-order valence-electron chi connectivity index (χ3n) is 6.20. The van der Waals surface area contributed by atoms with Crippen molar-refractivity contribution in [3.8, 4) is 11.5 Å². The highest BCUT2D eigenvalue weighted by molar-refractivity contribution is 5.28. The summed E-state index contributed by atoms with van der Waals surface area (Å²) < 4.78 is 5.20. The van der Waals surface area contributed by atoms with Crippen molar-refractivity contribution < 1.29 is 20.1 Å². The summed E-state index contributed by atoms with van der Waals surface area (Å²) in [5.74, 6) is 1.77. The molecule has 4 rings (SSSR count). The number of hydrogen-bond acceptors (Lipinski definition) is 6. The molecule has 150 valence electrons. The monoisotopic (exact) mass is 384 g/mol. The van der Waals surface area contributed by atoms with E-state index in [1.807, 2.05) is 24.3 Å². The van der Waals surface area contributed by atoms with Crippen LogP contribution in [0.2, 0.25) is 0 Å². The Morgan fingerprint density at radius 1 is 1.14 bits per heavy atom. The van der Waals surface area contributed by atoms with Crippen LogP contribution in [0, 0.1) is 11.8 Å². The van der Waals surface area contributed by atoms with Crippen LogP contribution in [0.15, 0.2) is 42.6 Å². The highest BCUT2D eigenvalue weighted by atomic mass is 16.5. The van der Waals surface area contributed by atoms with Crippen molar-refractivity contribution in [2.24, 2.45) is 11.8 Å². The van der Waals surface area contributed by atoms with E-state index in [9.17, 15) is 15.3 Å². The van der Waals surface area contributed by atoms with Gasteiger partial charge in [0.2, 0.25) is 0 Å². The zero-order chi connectivity index (χ0) is 19.7. The summed E-state index contributed by atoms with van der Waals surface area (Å²) in [5.41, 5.74) is 1.22. The van der Waals surface area contributed by atoms with E-state index in [1.165, 1.54) is 6.20 Å². The van der Waals surface area contributed by atoms with Crippen molar-refractivity contribution in [1.82, 2.24) is 9.88 Å². The van der Waals surface area contributed by atoms with Crippen molar-refractivity contribution in [3.05, 3.63) is 53.9 Å². The third-order valence-corrected chi connectivity index (χ3v) is 6.20. The Hall–Kier alpha value is -2.15. The first-order valence-corrected chi connectivity index (χ1v) is 9.85. The quantitative estimate of drug-likeness (QED) is 0.706. The van der Waals surface area contributed by atoms with E-state index in [2.05, 4.69) is 9.88 Å². The molecule has 2 fully saturated rings. The molecule has 0 bridgehead atoms. The number of likely N-dealkylation sites (tertiary alicyclic amines) is 1. The van der Waals surface area contributed by atoms with Crippen molar-refractivity contribution in [2.75, 3.05) is 20.2 Å². The number of aliphatic hydroxyl groups excluding tert-OH is 1. The maximum atomic E-state index is 11.1. The lowest BCUT2D eigenvalue weighted by molar-refractivity contribution is -0.00318. The number of benzene rings is 1. The number of fused-ring (bicyclic) bond motifs is 1. The van der Waals surface area contributed by atoms with Gasteiger partial charge >= 0.3 is 0 Å². The largest absolute Gasteiger partial charge is 0.506 e. The Labute approximate surface area is 165 Å². The third kappa shape index (κ3) is 4.14. The molecule has 3 N–H and O–H groups in total. The number of hydrogen-bond donors (Lipinski definition) is 3.